The Morgan fingerprint density at radius 3 is 2.69 bits per heavy atom. The number of halogens is 1. The average Bonchev–Trinajstić information content (AvgIpc) is 2.64. The zero-order valence-electron chi connectivity index (χ0n) is 8.94. The van der Waals surface area contributed by atoms with Crippen LogP contribution in [-0.4, -0.2) is 15.2 Å². The van der Waals surface area contributed by atoms with Gasteiger partial charge in [0, 0.05) is 5.56 Å². The molecule has 0 amide bonds. The van der Waals surface area contributed by atoms with Crippen LogP contribution in [0.4, 0.5) is 4.39 Å². The molecule has 0 saturated heterocycles. The Hall–Kier alpha value is -1.75. The van der Waals surface area contributed by atoms with Crippen molar-refractivity contribution in [1.82, 2.24) is 10.1 Å². The van der Waals surface area contributed by atoms with E-state index in [9.17, 15) is 9.50 Å². The second kappa shape index (κ2) is 4.02. The number of hydrogen-bond donors (Lipinski definition) is 1. The van der Waals surface area contributed by atoms with Gasteiger partial charge in [0.15, 0.2) is 0 Å². The summed E-state index contributed by atoms with van der Waals surface area (Å²) >= 11 is 0. The summed E-state index contributed by atoms with van der Waals surface area (Å²) < 4.78 is 18.0. The summed E-state index contributed by atoms with van der Waals surface area (Å²) in [6, 6.07) is 4.49. The zero-order valence-corrected chi connectivity index (χ0v) is 8.94. The molecule has 2 rings (SSSR count). The summed E-state index contributed by atoms with van der Waals surface area (Å²) in [7, 11) is 0. The number of aromatic nitrogens is 2. The minimum absolute atomic E-state index is 0.122. The van der Waals surface area contributed by atoms with E-state index in [1.54, 1.807) is 13.0 Å². The van der Waals surface area contributed by atoms with Gasteiger partial charge in [0.25, 0.3) is 5.89 Å². The number of aliphatic hydroxyl groups is 1. The van der Waals surface area contributed by atoms with Crippen LogP contribution >= 0.6 is 0 Å². The molecule has 0 fully saturated rings. The van der Waals surface area contributed by atoms with E-state index in [1.165, 1.54) is 19.1 Å². The number of aliphatic hydroxyl groups excluding tert-OH is 1. The van der Waals surface area contributed by atoms with E-state index in [1.807, 2.05) is 0 Å². The van der Waals surface area contributed by atoms with Gasteiger partial charge >= 0.3 is 0 Å². The van der Waals surface area contributed by atoms with Crippen LogP contribution in [0, 0.1) is 12.7 Å². The van der Waals surface area contributed by atoms with Gasteiger partial charge in [-0.25, -0.2) is 4.39 Å². The van der Waals surface area contributed by atoms with Crippen molar-refractivity contribution in [1.29, 1.82) is 0 Å². The molecule has 16 heavy (non-hydrogen) atoms. The second-order valence-electron chi connectivity index (χ2n) is 3.65. The molecular formula is C11H11FN2O2. The van der Waals surface area contributed by atoms with Crippen molar-refractivity contribution in [3.63, 3.8) is 0 Å². The van der Waals surface area contributed by atoms with Crippen molar-refractivity contribution >= 4 is 0 Å². The van der Waals surface area contributed by atoms with Crippen molar-refractivity contribution < 1.29 is 14.0 Å². The van der Waals surface area contributed by atoms with Gasteiger partial charge in [-0.15, -0.1) is 0 Å². The van der Waals surface area contributed by atoms with Crippen LogP contribution in [0.1, 0.15) is 24.5 Å². The number of benzene rings is 1. The number of hydrogen-bond acceptors (Lipinski definition) is 4. The van der Waals surface area contributed by atoms with Gasteiger partial charge in [-0.1, -0.05) is 5.16 Å². The molecule has 4 nitrogen and oxygen atoms in total. The molecule has 84 valence electrons. The minimum Gasteiger partial charge on any atom is -0.384 e. The highest BCUT2D eigenvalue weighted by molar-refractivity contribution is 5.55. The Balaban J connectivity index is 2.42. The first kappa shape index (κ1) is 10.8. The van der Waals surface area contributed by atoms with E-state index >= 15 is 0 Å². The van der Waals surface area contributed by atoms with Gasteiger partial charge in [0.2, 0.25) is 5.82 Å². The SMILES string of the molecule is Cc1cc(F)cc(-c2noc(C(C)O)n2)c1. The standard InChI is InChI=1S/C11H11FN2O2/c1-6-3-8(5-9(12)4-6)10-13-11(7(2)15)16-14-10/h3-5,7,15H,1-2H3. The minimum atomic E-state index is -0.823. The summed E-state index contributed by atoms with van der Waals surface area (Å²) in [5, 5.41) is 12.9. The van der Waals surface area contributed by atoms with Crippen LogP contribution in [0.2, 0.25) is 0 Å². The summed E-state index contributed by atoms with van der Waals surface area (Å²) in [6.45, 7) is 3.30. The van der Waals surface area contributed by atoms with E-state index in [2.05, 4.69) is 10.1 Å². The molecule has 5 heteroatoms. The highest BCUT2D eigenvalue weighted by Crippen LogP contribution is 2.20. The van der Waals surface area contributed by atoms with E-state index < -0.39 is 6.10 Å². The molecule has 1 aromatic heterocycles. The first-order valence-corrected chi connectivity index (χ1v) is 4.85. The molecule has 0 aliphatic rings. The van der Waals surface area contributed by atoms with Gasteiger partial charge in [0.1, 0.15) is 11.9 Å². The fraction of sp³-hybridized carbons (Fsp3) is 0.273. The lowest BCUT2D eigenvalue weighted by molar-refractivity contribution is 0.152. The van der Waals surface area contributed by atoms with Gasteiger partial charge < -0.3 is 9.63 Å². The third kappa shape index (κ3) is 2.09. The molecule has 0 bridgehead atoms. The van der Waals surface area contributed by atoms with E-state index in [0.29, 0.717) is 5.56 Å². The molecule has 0 aliphatic carbocycles. The van der Waals surface area contributed by atoms with E-state index in [-0.39, 0.29) is 17.5 Å². The summed E-state index contributed by atoms with van der Waals surface area (Å²) in [6.07, 6.45) is -0.823. The molecule has 1 N–H and O–H groups in total. The molecule has 1 heterocycles. The van der Waals surface area contributed by atoms with Crippen molar-refractivity contribution in [3.8, 4) is 11.4 Å². The molecule has 0 saturated carbocycles. The monoisotopic (exact) mass is 222 g/mol. The number of nitrogens with zero attached hydrogens (tertiary/aromatic N) is 2. The lowest BCUT2D eigenvalue weighted by atomic mass is 10.1. The fourth-order valence-electron chi connectivity index (χ4n) is 1.39. The topological polar surface area (TPSA) is 59.2 Å². The van der Waals surface area contributed by atoms with Crippen LogP contribution < -0.4 is 0 Å². The molecule has 1 atom stereocenters. The Morgan fingerprint density at radius 1 is 1.38 bits per heavy atom. The van der Waals surface area contributed by atoms with Crippen molar-refractivity contribution in [3.05, 3.63) is 35.5 Å². The highest BCUT2D eigenvalue weighted by Gasteiger charge is 2.13. The van der Waals surface area contributed by atoms with Crippen LogP contribution in [-0.2, 0) is 0 Å². The molecule has 1 aromatic carbocycles. The number of rotatable bonds is 2. The van der Waals surface area contributed by atoms with Crippen LogP contribution in [0.15, 0.2) is 22.7 Å². The first-order chi connectivity index (χ1) is 7.56. The van der Waals surface area contributed by atoms with Gasteiger partial charge in [-0.3, -0.25) is 0 Å². The summed E-state index contributed by atoms with van der Waals surface area (Å²) in [4.78, 5) is 3.97. The Morgan fingerprint density at radius 2 is 2.12 bits per heavy atom. The van der Waals surface area contributed by atoms with Crippen molar-refractivity contribution in [2.75, 3.05) is 0 Å². The molecule has 2 aromatic rings. The quantitative estimate of drug-likeness (QED) is 0.846. The Bertz CT molecular complexity index is 488. The van der Waals surface area contributed by atoms with Gasteiger partial charge in [-0.2, -0.15) is 4.98 Å². The fourth-order valence-corrected chi connectivity index (χ4v) is 1.39. The third-order valence-electron chi connectivity index (χ3n) is 2.10. The van der Waals surface area contributed by atoms with Crippen molar-refractivity contribution in [2.24, 2.45) is 0 Å². The summed E-state index contributed by atoms with van der Waals surface area (Å²) in [5.74, 6) is 0.0498. The normalized spacial score (nSPS) is 12.8. The first-order valence-electron chi connectivity index (χ1n) is 4.85. The number of aryl methyl sites for hydroxylation is 1. The third-order valence-corrected chi connectivity index (χ3v) is 2.10. The smallest absolute Gasteiger partial charge is 0.255 e. The molecule has 0 spiro atoms. The summed E-state index contributed by atoms with van der Waals surface area (Å²) in [5.41, 5.74) is 1.31. The van der Waals surface area contributed by atoms with Crippen LogP contribution in [0.25, 0.3) is 11.4 Å². The van der Waals surface area contributed by atoms with Gasteiger partial charge in [-0.05, 0) is 37.6 Å². The predicted molar refractivity (Wildman–Crippen MR) is 55.1 cm³/mol. The highest BCUT2D eigenvalue weighted by atomic mass is 19.1. The maximum atomic E-state index is 13.1. The largest absolute Gasteiger partial charge is 0.384 e. The van der Waals surface area contributed by atoms with E-state index in [4.69, 9.17) is 4.52 Å². The van der Waals surface area contributed by atoms with Gasteiger partial charge in [0.05, 0.1) is 0 Å². The Labute approximate surface area is 91.7 Å². The Kier molecular flexibility index (Phi) is 2.70. The second-order valence-corrected chi connectivity index (χ2v) is 3.65. The molecule has 1 unspecified atom stereocenters. The molecular weight excluding hydrogens is 211 g/mol. The lowest BCUT2D eigenvalue weighted by Crippen LogP contribution is -1.91. The van der Waals surface area contributed by atoms with E-state index in [0.717, 1.165) is 5.56 Å². The van der Waals surface area contributed by atoms with Crippen molar-refractivity contribution in [2.45, 2.75) is 20.0 Å². The average molecular weight is 222 g/mol. The predicted octanol–water partition coefficient (Wildman–Crippen LogP) is 2.24. The maximum absolute atomic E-state index is 13.1. The van der Waals surface area contributed by atoms with Crippen LogP contribution in [0.3, 0.4) is 0 Å². The molecule has 0 radical (unpaired) electrons. The van der Waals surface area contributed by atoms with Crippen LogP contribution in [0.5, 0.6) is 0 Å². The zero-order chi connectivity index (χ0) is 11.7. The molecule has 0 aliphatic heterocycles. The maximum Gasteiger partial charge on any atom is 0.255 e. The lowest BCUT2D eigenvalue weighted by Gasteiger charge is -1.97.